The Morgan fingerprint density at radius 1 is 1.27 bits per heavy atom. The van der Waals surface area contributed by atoms with Crippen molar-refractivity contribution in [2.24, 2.45) is 0 Å². The third kappa shape index (κ3) is 3.94. The van der Waals surface area contributed by atoms with Gasteiger partial charge in [-0.2, -0.15) is 0 Å². The lowest BCUT2D eigenvalue weighted by molar-refractivity contribution is -0.458. The van der Waals surface area contributed by atoms with Gasteiger partial charge in [-0.25, -0.2) is 4.58 Å². The number of rotatable bonds is 3. The topological polar surface area (TPSA) is 19.1 Å². The second-order valence-corrected chi connectivity index (χ2v) is 3.88. The summed E-state index contributed by atoms with van der Waals surface area (Å²) < 4.78 is 2.04. The summed E-state index contributed by atoms with van der Waals surface area (Å²) in [4.78, 5) is 6.06. The Kier molecular flexibility index (Phi) is 4.03. The average molecular weight is 204 g/mol. The highest BCUT2D eigenvalue weighted by atomic mass is 15.0. The van der Waals surface area contributed by atoms with Gasteiger partial charge in [0, 0.05) is 32.7 Å². The van der Waals surface area contributed by atoms with Crippen LogP contribution in [0.2, 0.25) is 0 Å². The Morgan fingerprint density at radius 2 is 1.87 bits per heavy atom. The number of hydrogen-bond acceptors (Lipinski definition) is 2. The summed E-state index contributed by atoms with van der Waals surface area (Å²) in [6.45, 7) is 0. The second-order valence-electron chi connectivity index (χ2n) is 3.88. The molecule has 0 saturated heterocycles. The molecule has 0 aliphatic heterocycles. The van der Waals surface area contributed by atoms with Crippen molar-refractivity contribution in [2.75, 3.05) is 28.2 Å². The highest BCUT2D eigenvalue weighted by Gasteiger charge is 2.02. The fourth-order valence-electron chi connectivity index (χ4n) is 1.28. The predicted molar refractivity (Wildman–Crippen MR) is 64.1 cm³/mol. The third-order valence-corrected chi connectivity index (χ3v) is 1.81. The highest BCUT2D eigenvalue weighted by molar-refractivity contribution is 6.07. The van der Waals surface area contributed by atoms with Gasteiger partial charge in [0.2, 0.25) is 0 Å². The molecule has 0 atom stereocenters. The van der Waals surface area contributed by atoms with Gasteiger partial charge in [-0.1, -0.05) is 0 Å². The van der Waals surface area contributed by atoms with Crippen LogP contribution >= 0.6 is 0 Å². The van der Waals surface area contributed by atoms with Crippen molar-refractivity contribution in [1.82, 2.24) is 9.88 Å². The Balaban J connectivity index is 3.08. The van der Waals surface area contributed by atoms with Crippen molar-refractivity contribution >= 4 is 11.8 Å². The van der Waals surface area contributed by atoms with Crippen LogP contribution in [0.5, 0.6) is 0 Å². The van der Waals surface area contributed by atoms with E-state index < -0.39 is 0 Å². The number of nitrogens with zero attached hydrogens (tertiary/aromatic N) is 3. The van der Waals surface area contributed by atoms with Crippen molar-refractivity contribution in [3.63, 3.8) is 0 Å². The summed E-state index contributed by atoms with van der Waals surface area (Å²) in [5.41, 5.74) is 2.35. The van der Waals surface area contributed by atoms with Crippen LogP contribution in [0, 0.1) is 0 Å². The maximum Gasteiger partial charge on any atom is 0.172 e. The predicted octanol–water partition coefficient (Wildman–Crippen LogP) is 1.33. The molecule has 0 N–H and O–H groups in total. The van der Waals surface area contributed by atoms with E-state index in [9.17, 15) is 0 Å². The van der Waals surface area contributed by atoms with Gasteiger partial charge in [-0.3, -0.25) is 4.98 Å². The van der Waals surface area contributed by atoms with Crippen LogP contribution in [0.1, 0.15) is 5.56 Å². The molecule has 0 spiro atoms. The van der Waals surface area contributed by atoms with Gasteiger partial charge in [0.15, 0.2) is 6.21 Å². The van der Waals surface area contributed by atoms with Crippen LogP contribution in [-0.4, -0.2) is 48.9 Å². The molecular weight excluding hydrogens is 186 g/mol. The molecule has 15 heavy (non-hydrogen) atoms. The molecule has 80 valence electrons. The van der Waals surface area contributed by atoms with E-state index in [1.165, 1.54) is 11.1 Å². The van der Waals surface area contributed by atoms with Crippen LogP contribution in [0.25, 0.3) is 5.57 Å². The molecule has 1 rings (SSSR count). The molecule has 3 heteroatoms. The molecule has 0 saturated carbocycles. The van der Waals surface area contributed by atoms with E-state index in [0.717, 1.165) is 0 Å². The van der Waals surface area contributed by atoms with Gasteiger partial charge < -0.3 is 4.90 Å². The fourth-order valence-corrected chi connectivity index (χ4v) is 1.28. The number of hydrogen-bond donors (Lipinski definition) is 0. The third-order valence-electron chi connectivity index (χ3n) is 1.81. The first-order chi connectivity index (χ1) is 7.09. The van der Waals surface area contributed by atoms with Gasteiger partial charge in [0.1, 0.15) is 14.1 Å². The van der Waals surface area contributed by atoms with Crippen LogP contribution in [-0.2, 0) is 0 Å². The molecule has 0 aliphatic rings. The normalized spacial score (nSPS) is 11.1. The average Bonchev–Trinajstić information content (AvgIpc) is 2.17. The number of allylic oxidation sites excluding steroid dienone is 1. The molecule has 1 heterocycles. The number of pyridine rings is 1. The van der Waals surface area contributed by atoms with Gasteiger partial charge in [-0.15, -0.1) is 0 Å². The van der Waals surface area contributed by atoms with Crippen LogP contribution in [0.15, 0.2) is 30.7 Å². The zero-order valence-electron chi connectivity index (χ0n) is 9.81. The summed E-state index contributed by atoms with van der Waals surface area (Å²) in [7, 11) is 8.07. The molecule has 3 nitrogen and oxygen atoms in total. The SMILES string of the molecule is CN(C)/C=C(/C=[N+](C)C)c1ccncc1. The smallest absolute Gasteiger partial charge is 0.172 e. The number of aromatic nitrogens is 1. The minimum atomic E-state index is 1.17. The summed E-state index contributed by atoms with van der Waals surface area (Å²) in [6, 6.07) is 4.02. The lowest BCUT2D eigenvalue weighted by atomic mass is 10.1. The molecule has 0 fully saturated rings. The fraction of sp³-hybridized carbons (Fsp3) is 0.333. The molecule has 0 amide bonds. The largest absolute Gasteiger partial charge is 0.383 e. The summed E-state index contributed by atoms with van der Waals surface area (Å²) in [6.07, 6.45) is 7.80. The van der Waals surface area contributed by atoms with Gasteiger partial charge in [0.25, 0.3) is 0 Å². The monoisotopic (exact) mass is 204 g/mol. The summed E-state index contributed by atoms with van der Waals surface area (Å²) in [5.74, 6) is 0. The van der Waals surface area contributed by atoms with Crippen LogP contribution in [0.3, 0.4) is 0 Å². The Hall–Kier alpha value is -1.64. The van der Waals surface area contributed by atoms with Gasteiger partial charge >= 0.3 is 0 Å². The standard InChI is InChI=1S/C12H18N3/c1-14(2)9-12(10-15(3)4)11-5-7-13-8-6-11/h5-10H,1-4H3/q+1. The van der Waals surface area contributed by atoms with E-state index in [0.29, 0.717) is 0 Å². The van der Waals surface area contributed by atoms with E-state index in [2.05, 4.69) is 17.4 Å². The van der Waals surface area contributed by atoms with Crippen LogP contribution in [0.4, 0.5) is 0 Å². The molecule has 0 bridgehead atoms. The molecular formula is C12H18N3+. The Labute approximate surface area is 91.4 Å². The summed E-state index contributed by atoms with van der Waals surface area (Å²) >= 11 is 0. The lowest BCUT2D eigenvalue weighted by Gasteiger charge is -2.07. The van der Waals surface area contributed by atoms with E-state index in [-0.39, 0.29) is 0 Å². The van der Waals surface area contributed by atoms with E-state index in [1.807, 2.05) is 62.2 Å². The molecule has 0 radical (unpaired) electrons. The summed E-state index contributed by atoms with van der Waals surface area (Å²) in [5, 5.41) is 0. The van der Waals surface area contributed by atoms with Gasteiger partial charge in [0.05, 0.1) is 5.57 Å². The van der Waals surface area contributed by atoms with Crippen molar-refractivity contribution < 1.29 is 4.58 Å². The Morgan fingerprint density at radius 3 is 2.33 bits per heavy atom. The van der Waals surface area contributed by atoms with Crippen molar-refractivity contribution in [1.29, 1.82) is 0 Å². The van der Waals surface area contributed by atoms with Crippen molar-refractivity contribution in [3.05, 3.63) is 36.3 Å². The van der Waals surface area contributed by atoms with E-state index >= 15 is 0 Å². The van der Waals surface area contributed by atoms with Gasteiger partial charge in [-0.05, 0) is 17.7 Å². The molecule has 1 aromatic heterocycles. The van der Waals surface area contributed by atoms with E-state index in [4.69, 9.17) is 0 Å². The molecule has 0 unspecified atom stereocenters. The minimum absolute atomic E-state index is 1.17. The quantitative estimate of drug-likeness (QED) is 0.546. The highest BCUT2D eigenvalue weighted by Crippen LogP contribution is 2.10. The maximum absolute atomic E-state index is 4.02. The Bertz CT molecular complexity index is 360. The molecule has 1 aromatic rings. The molecule has 0 aromatic carbocycles. The lowest BCUT2D eigenvalue weighted by Crippen LogP contribution is -2.07. The second kappa shape index (κ2) is 5.29. The van der Waals surface area contributed by atoms with Crippen LogP contribution < -0.4 is 0 Å². The zero-order chi connectivity index (χ0) is 11.3. The van der Waals surface area contributed by atoms with E-state index in [1.54, 1.807) is 0 Å². The first-order valence-corrected chi connectivity index (χ1v) is 4.89. The maximum atomic E-state index is 4.02. The first kappa shape index (κ1) is 11.4. The molecule has 0 aliphatic carbocycles. The first-order valence-electron chi connectivity index (χ1n) is 4.89. The van der Waals surface area contributed by atoms with Crippen molar-refractivity contribution in [2.45, 2.75) is 0 Å². The zero-order valence-corrected chi connectivity index (χ0v) is 9.81. The van der Waals surface area contributed by atoms with Crippen molar-refractivity contribution in [3.8, 4) is 0 Å². The minimum Gasteiger partial charge on any atom is -0.383 e.